The number of nitrogen functional groups attached to an aromatic ring is 1. The van der Waals surface area contributed by atoms with E-state index in [1.165, 1.54) is 0 Å². The number of nitrogens with zero attached hydrogens (tertiary/aromatic N) is 5. The Morgan fingerprint density at radius 2 is 2.05 bits per heavy atom. The minimum absolute atomic E-state index is 0.234. The summed E-state index contributed by atoms with van der Waals surface area (Å²) in [6, 6.07) is 0. The van der Waals surface area contributed by atoms with E-state index < -0.39 is 0 Å². The van der Waals surface area contributed by atoms with Crippen molar-refractivity contribution in [3.05, 3.63) is 16.6 Å². The molecule has 0 amide bonds. The summed E-state index contributed by atoms with van der Waals surface area (Å²) in [5, 5.41) is 5.20. The van der Waals surface area contributed by atoms with E-state index in [-0.39, 0.29) is 5.95 Å². The Morgan fingerprint density at radius 1 is 1.25 bits per heavy atom. The van der Waals surface area contributed by atoms with Crippen molar-refractivity contribution in [1.29, 1.82) is 0 Å². The zero-order valence-electron chi connectivity index (χ0n) is 11.7. The van der Waals surface area contributed by atoms with Gasteiger partial charge in [0, 0.05) is 31.4 Å². The van der Waals surface area contributed by atoms with Gasteiger partial charge < -0.3 is 16.0 Å². The molecule has 0 saturated carbocycles. The smallest absolute Gasteiger partial charge is 0.231 e. The Balaban J connectivity index is 2.00. The van der Waals surface area contributed by atoms with Gasteiger partial charge in [0.15, 0.2) is 0 Å². The first-order chi connectivity index (χ1) is 9.72. The fourth-order valence-corrected chi connectivity index (χ4v) is 2.36. The zero-order chi connectivity index (χ0) is 14.4. The van der Waals surface area contributed by atoms with Crippen molar-refractivity contribution < 1.29 is 0 Å². The molecule has 0 aromatic carbocycles. The Kier molecular flexibility index (Phi) is 5.05. The molecule has 0 aliphatic heterocycles. The van der Waals surface area contributed by atoms with Crippen LogP contribution in [-0.4, -0.2) is 39.6 Å². The molecule has 2 heterocycles. The predicted octanol–water partition coefficient (Wildman–Crippen LogP) is 1.41. The van der Waals surface area contributed by atoms with Gasteiger partial charge in [0.1, 0.15) is 0 Å². The van der Waals surface area contributed by atoms with E-state index >= 15 is 0 Å². The molecule has 0 aliphatic carbocycles. The first-order valence-corrected chi connectivity index (χ1v) is 7.54. The fraction of sp³-hybridized carbons (Fsp3) is 0.500. The maximum Gasteiger partial charge on any atom is 0.231 e. The molecule has 0 unspecified atom stereocenters. The van der Waals surface area contributed by atoms with Crippen LogP contribution in [-0.2, 0) is 6.42 Å². The molecule has 108 valence electrons. The van der Waals surface area contributed by atoms with Gasteiger partial charge >= 0.3 is 0 Å². The molecule has 0 aliphatic rings. The molecule has 2 aromatic rings. The topological polar surface area (TPSA) is 92.9 Å². The Bertz CT molecular complexity index is 525. The second-order valence-electron chi connectivity index (χ2n) is 4.15. The van der Waals surface area contributed by atoms with Crippen molar-refractivity contribution in [1.82, 2.24) is 19.9 Å². The van der Waals surface area contributed by atoms with Crippen molar-refractivity contribution in [3.63, 3.8) is 0 Å². The van der Waals surface area contributed by atoms with Crippen molar-refractivity contribution >= 4 is 29.2 Å². The van der Waals surface area contributed by atoms with Crippen molar-refractivity contribution in [2.75, 3.05) is 35.6 Å². The van der Waals surface area contributed by atoms with Gasteiger partial charge in [-0.2, -0.15) is 15.0 Å². The molecular formula is C12H19N7S. The van der Waals surface area contributed by atoms with E-state index in [9.17, 15) is 0 Å². The van der Waals surface area contributed by atoms with Crippen LogP contribution in [0.25, 0.3) is 0 Å². The number of hydrogen-bond donors (Lipinski definition) is 2. The van der Waals surface area contributed by atoms with Crippen LogP contribution in [0.3, 0.4) is 0 Å². The maximum atomic E-state index is 5.73. The van der Waals surface area contributed by atoms with E-state index in [0.717, 1.165) is 25.2 Å². The van der Waals surface area contributed by atoms with Crippen LogP contribution < -0.4 is 16.0 Å². The molecule has 0 spiro atoms. The van der Waals surface area contributed by atoms with Crippen LogP contribution >= 0.6 is 11.3 Å². The summed E-state index contributed by atoms with van der Waals surface area (Å²) in [6.45, 7) is 6.49. The maximum absolute atomic E-state index is 5.73. The summed E-state index contributed by atoms with van der Waals surface area (Å²) >= 11 is 1.59. The van der Waals surface area contributed by atoms with E-state index in [1.54, 1.807) is 11.3 Å². The van der Waals surface area contributed by atoms with Gasteiger partial charge in [-0.25, -0.2) is 4.98 Å². The highest BCUT2D eigenvalue weighted by Crippen LogP contribution is 2.11. The lowest BCUT2D eigenvalue weighted by molar-refractivity contribution is 0.813. The summed E-state index contributed by atoms with van der Waals surface area (Å²) < 4.78 is 0. The second kappa shape index (κ2) is 6.99. The third kappa shape index (κ3) is 3.77. The third-order valence-corrected chi connectivity index (χ3v) is 3.47. The largest absolute Gasteiger partial charge is 0.368 e. The average Bonchev–Trinajstić information content (AvgIpc) is 2.93. The lowest BCUT2D eigenvalue weighted by Gasteiger charge is -2.18. The van der Waals surface area contributed by atoms with Crippen molar-refractivity contribution in [2.45, 2.75) is 20.3 Å². The molecular weight excluding hydrogens is 274 g/mol. The molecule has 0 bridgehead atoms. The molecule has 0 fully saturated rings. The molecule has 2 aromatic heterocycles. The molecule has 3 N–H and O–H groups in total. The molecule has 0 saturated heterocycles. The normalized spacial score (nSPS) is 10.5. The summed E-state index contributed by atoms with van der Waals surface area (Å²) in [5.41, 5.74) is 8.62. The summed E-state index contributed by atoms with van der Waals surface area (Å²) in [5.74, 6) is 1.35. The highest BCUT2D eigenvalue weighted by Gasteiger charge is 2.09. The molecule has 7 nitrogen and oxygen atoms in total. The monoisotopic (exact) mass is 293 g/mol. The van der Waals surface area contributed by atoms with Crippen LogP contribution in [0.5, 0.6) is 0 Å². The van der Waals surface area contributed by atoms with Crippen LogP contribution in [0.4, 0.5) is 17.8 Å². The van der Waals surface area contributed by atoms with E-state index in [4.69, 9.17) is 5.73 Å². The van der Waals surface area contributed by atoms with Gasteiger partial charge in [-0.3, -0.25) is 0 Å². The number of hydrogen-bond acceptors (Lipinski definition) is 8. The summed E-state index contributed by atoms with van der Waals surface area (Å²) in [7, 11) is 0. The van der Waals surface area contributed by atoms with E-state index in [0.29, 0.717) is 18.4 Å². The number of anilines is 3. The molecule has 20 heavy (non-hydrogen) atoms. The van der Waals surface area contributed by atoms with Crippen LogP contribution in [0.2, 0.25) is 0 Å². The van der Waals surface area contributed by atoms with Gasteiger partial charge in [-0.05, 0) is 13.8 Å². The van der Waals surface area contributed by atoms with Gasteiger partial charge in [0.25, 0.3) is 0 Å². The van der Waals surface area contributed by atoms with Gasteiger partial charge in [-0.1, -0.05) is 0 Å². The number of nitrogens with one attached hydrogen (secondary N) is 1. The first-order valence-electron chi connectivity index (χ1n) is 6.60. The van der Waals surface area contributed by atoms with Gasteiger partial charge in [0.2, 0.25) is 17.8 Å². The van der Waals surface area contributed by atoms with Gasteiger partial charge in [0.05, 0.1) is 11.2 Å². The number of aromatic nitrogens is 4. The number of rotatable bonds is 7. The Hall–Kier alpha value is -1.96. The molecule has 0 atom stereocenters. The third-order valence-electron chi connectivity index (χ3n) is 2.83. The summed E-state index contributed by atoms with van der Waals surface area (Å²) in [6.07, 6.45) is 0.829. The Labute approximate surface area is 122 Å². The molecule has 0 radical (unpaired) electrons. The van der Waals surface area contributed by atoms with E-state index in [2.05, 4.69) is 39.1 Å². The minimum Gasteiger partial charge on any atom is -0.368 e. The lowest BCUT2D eigenvalue weighted by atomic mass is 10.3. The summed E-state index contributed by atoms with van der Waals surface area (Å²) in [4.78, 5) is 18.9. The Morgan fingerprint density at radius 3 is 2.70 bits per heavy atom. The van der Waals surface area contributed by atoms with Crippen LogP contribution in [0.1, 0.15) is 19.5 Å². The quantitative estimate of drug-likeness (QED) is 0.797. The first kappa shape index (κ1) is 14.4. The standard InChI is InChI=1S/C12H19N7S/c1-3-19(4-2)12-17-10(13)16-11(18-12)14-6-5-9-7-20-8-15-9/h7-8H,3-6H2,1-2H3,(H3,13,14,16,17,18). The van der Waals surface area contributed by atoms with Crippen molar-refractivity contribution in [3.8, 4) is 0 Å². The molecule has 8 heteroatoms. The SMILES string of the molecule is CCN(CC)c1nc(N)nc(NCCc2cscn2)n1. The number of nitrogens with two attached hydrogens (primary N) is 1. The average molecular weight is 293 g/mol. The van der Waals surface area contributed by atoms with E-state index in [1.807, 2.05) is 15.8 Å². The lowest BCUT2D eigenvalue weighted by Crippen LogP contribution is -2.25. The van der Waals surface area contributed by atoms with Crippen LogP contribution in [0.15, 0.2) is 10.9 Å². The van der Waals surface area contributed by atoms with Crippen LogP contribution in [0, 0.1) is 0 Å². The number of thiazole rings is 1. The highest BCUT2D eigenvalue weighted by atomic mass is 32.1. The second-order valence-corrected chi connectivity index (χ2v) is 4.86. The highest BCUT2D eigenvalue weighted by molar-refractivity contribution is 7.07. The molecule has 2 rings (SSSR count). The van der Waals surface area contributed by atoms with Crippen molar-refractivity contribution in [2.24, 2.45) is 0 Å². The van der Waals surface area contributed by atoms with Gasteiger partial charge in [-0.15, -0.1) is 11.3 Å². The zero-order valence-corrected chi connectivity index (χ0v) is 12.5. The predicted molar refractivity (Wildman–Crippen MR) is 82.1 cm³/mol. The minimum atomic E-state index is 0.234. The fourth-order valence-electron chi connectivity index (χ4n) is 1.77.